The van der Waals surface area contributed by atoms with Crippen molar-refractivity contribution in [2.24, 2.45) is 0 Å². The van der Waals surface area contributed by atoms with Crippen LogP contribution in [0, 0.1) is 13.8 Å². The summed E-state index contributed by atoms with van der Waals surface area (Å²) in [6, 6.07) is 9.67. The van der Waals surface area contributed by atoms with Gasteiger partial charge in [-0.05, 0) is 94.1 Å². The Morgan fingerprint density at radius 1 is 1.07 bits per heavy atom. The van der Waals surface area contributed by atoms with Gasteiger partial charge in [-0.25, -0.2) is 8.42 Å². The normalized spacial score (nSPS) is 19.8. The Hall–Kier alpha value is -3.11. The van der Waals surface area contributed by atoms with Gasteiger partial charge in [0.25, 0.3) is 11.8 Å². The molecule has 2 saturated heterocycles. The lowest BCUT2D eigenvalue weighted by Gasteiger charge is -2.28. The second-order valence-electron chi connectivity index (χ2n) is 11.7. The number of aromatic nitrogens is 1. The topological polar surface area (TPSA) is 103 Å². The van der Waals surface area contributed by atoms with E-state index >= 15 is 0 Å². The molecule has 0 aliphatic carbocycles. The van der Waals surface area contributed by atoms with Crippen LogP contribution in [0.25, 0.3) is 11.6 Å². The van der Waals surface area contributed by atoms with Gasteiger partial charge in [-0.15, -0.1) is 0 Å². The Balaban J connectivity index is 1.29. The van der Waals surface area contributed by atoms with Crippen molar-refractivity contribution in [3.63, 3.8) is 0 Å². The first-order valence-corrected chi connectivity index (χ1v) is 17.0. The van der Waals surface area contributed by atoms with E-state index in [4.69, 9.17) is 23.2 Å². The van der Waals surface area contributed by atoms with E-state index < -0.39 is 9.84 Å². The number of aryl methyl sites for hydroxylation is 1. The van der Waals surface area contributed by atoms with Gasteiger partial charge in [0, 0.05) is 41.8 Å². The Kier molecular flexibility index (Phi) is 8.19. The number of benzene rings is 2. The van der Waals surface area contributed by atoms with Gasteiger partial charge in [0.2, 0.25) is 0 Å². The number of sulfone groups is 1. The zero-order valence-electron chi connectivity index (χ0n) is 24.2. The molecule has 0 radical (unpaired) electrons. The van der Waals surface area contributed by atoms with Crippen LogP contribution in [0.5, 0.6) is 0 Å². The Labute approximate surface area is 262 Å². The number of aromatic amines is 1. The minimum Gasteiger partial charge on any atom is -0.358 e. The third-order valence-corrected chi connectivity index (χ3v) is 11.3. The van der Waals surface area contributed by atoms with Crippen molar-refractivity contribution in [1.29, 1.82) is 0 Å². The largest absolute Gasteiger partial charge is 0.358 e. The minimum atomic E-state index is -3.80. The summed E-state index contributed by atoms with van der Waals surface area (Å²) < 4.78 is 26.7. The van der Waals surface area contributed by atoms with E-state index in [1.807, 2.05) is 18.7 Å². The number of fused-ring (bicyclic) bond motifs is 1. The molecular formula is C32H34Cl2N4O4S. The number of nitrogens with one attached hydrogen (secondary N) is 2. The number of amides is 2. The fraction of sp³-hybridized carbons (Fsp3) is 0.375. The number of hydrogen-bond acceptors (Lipinski definition) is 5. The van der Waals surface area contributed by atoms with Crippen molar-refractivity contribution in [2.75, 3.05) is 31.5 Å². The van der Waals surface area contributed by atoms with Gasteiger partial charge in [0.05, 0.1) is 31.8 Å². The van der Waals surface area contributed by atoms with Crippen molar-refractivity contribution < 1.29 is 18.0 Å². The summed E-state index contributed by atoms with van der Waals surface area (Å²) >= 11 is 12.4. The van der Waals surface area contributed by atoms with Gasteiger partial charge < -0.3 is 20.1 Å². The molecular weight excluding hydrogens is 607 g/mol. The molecule has 11 heteroatoms. The number of hydrogen-bond donors (Lipinski definition) is 2. The summed E-state index contributed by atoms with van der Waals surface area (Å²) in [4.78, 5) is 34.8. The highest BCUT2D eigenvalue weighted by molar-refractivity contribution is 7.90. The molecule has 43 heavy (non-hydrogen) atoms. The zero-order chi connectivity index (χ0) is 30.5. The van der Waals surface area contributed by atoms with Gasteiger partial charge in [-0.1, -0.05) is 35.3 Å². The highest BCUT2D eigenvalue weighted by Gasteiger charge is 2.34. The highest BCUT2D eigenvalue weighted by atomic mass is 35.5. The predicted octanol–water partition coefficient (Wildman–Crippen LogP) is 6.11. The van der Waals surface area contributed by atoms with Crippen LogP contribution in [0.15, 0.2) is 41.3 Å². The molecule has 0 bridgehead atoms. The smallest absolute Gasteiger partial charge is 0.256 e. The summed E-state index contributed by atoms with van der Waals surface area (Å²) in [5, 5.41) is 3.31. The number of carbonyl (C=O) groups excluding carboxylic acids is 2. The Bertz CT molecular complexity index is 1760. The Morgan fingerprint density at radius 2 is 1.84 bits per heavy atom. The summed E-state index contributed by atoms with van der Waals surface area (Å²) in [6.45, 7) is 7.61. The maximum absolute atomic E-state index is 13.8. The molecule has 1 atom stereocenters. The molecule has 2 aromatic carbocycles. The van der Waals surface area contributed by atoms with Crippen LogP contribution < -0.4 is 5.32 Å². The Morgan fingerprint density at radius 3 is 2.60 bits per heavy atom. The van der Waals surface area contributed by atoms with Crippen LogP contribution in [0.2, 0.25) is 10.0 Å². The lowest BCUT2D eigenvalue weighted by atomic mass is 10.0. The summed E-state index contributed by atoms with van der Waals surface area (Å²) in [7, 11) is -3.80. The van der Waals surface area contributed by atoms with E-state index in [1.54, 1.807) is 30.3 Å². The first-order valence-electron chi connectivity index (χ1n) is 14.6. The fourth-order valence-corrected chi connectivity index (χ4v) is 8.39. The molecule has 0 unspecified atom stereocenters. The predicted molar refractivity (Wildman–Crippen MR) is 170 cm³/mol. The molecule has 3 aromatic rings. The van der Waals surface area contributed by atoms with Crippen LogP contribution >= 0.6 is 23.2 Å². The summed E-state index contributed by atoms with van der Waals surface area (Å²) in [6.07, 6.45) is 6.14. The average molecular weight is 642 g/mol. The second kappa shape index (κ2) is 11.8. The number of halogens is 2. The maximum Gasteiger partial charge on any atom is 0.256 e. The van der Waals surface area contributed by atoms with Crippen LogP contribution in [0.1, 0.15) is 64.1 Å². The zero-order valence-corrected chi connectivity index (χ0v) is 26.5. The number of rotatable bonds is 7. The van der Waals surface area contributed by atoms with Crippen LogP contribution in [0.3, 0.4) is 0 Å². The fourth-order valence-electron chi connectivity index (χ4n) is 6.54. The third-order valence-electron chi connectivity index (χ3n) is 8.79. The van der Waals surface area contributed by atoms with E-state index in [0.717, 1.165) is 50.3 Å². The average Bonchev–Trinajstić information content (AvgIpc) is 3.75. The first kappa shape index (κ1) is 29.9. The third kappa shape index (κ3) is 5.76. The SMILES string of the molecule is Cc1[nH]c(C=C2C(=O)Nc3ccc(S(=O)(=O)Cc4cccc(Cl)c4Cl)cc32)c(C)c1C(=O)N1CCC[C@H]1CN1CCCC1. The second-order valence-corrected chi connectivity index (χ2v) is 14.4. The standard InChI is InChI=1S/C32H34Cl2N4O4S/c1-19-28(35-20(2)29(19)32(40)38-14-6-8-22(38)17-37-12-3-4-13-37)16-25-24-15-23(10-11-27(24)36-31(25)39)43(41,42)18-21-7-5-9-26(33)30(21)34/h5,7,9-11,15-16,22,35H,3-4,6,8,12-14,17-18H2,1-2H3,(H,36,39)/t22-/m0/s1. The van der Waals surface area contributed by atoms with E-state index in [-0.39, 0.29) is 38.5 Å². The van der Waals surface area contributed by atoms with Crippen molar-refractivity contribution in [2.45, 2.75) is 56.2 Å². The lowest BCUT2D eigenvalue weighted by Crippen LogP contribution is -2.42. The molecule has 2 amide bonds. The number of likely N-dealkylation sites (tertiary alicyclic amines) is 2. The van der Waals surface area contributed by atoms with Gasteiger partial charge in [0.1, 0.15) is 0 Å². The van der Waals surface area contributed by atoms with Crippen molar-refractivity contribution in [3.8, 4) is 0 Å². The molecule has 6 rings (SSSR count). The van der Waals surface area contributed by atoms with E-state index in [2.05, 4.69) is 15.2 Å². The lowest BCUT2D eigenvalue weighted by molar-refractivity contribution is -0.110. The van der Waals surface area contributed by atoms with Crippen molar-refractivity contribution >= 4 is 62.2 Å². The number of nitrogens with zero attached hydrogens (tertiary/aromatic N) is 2. The first-order chi connectivity index (χ1) is 20.5. The van der Waals surface area contributed by atoms with Gasteiger partial charge in [-0.3, -0.25) is 9.59 Å². The van der Waals surface area contributed by atoms with Gasteiger partial charge in [-0.2, -0.15) is 0 Å². The molecule has 8 nitrogen and oxygen atoms in total. The van der Waals surface area contributed by atoms with Crippen LogP contribution in [-0.4, -0.2) is 67.2 Å². The minimum absolute atomic E-state index is 0.0157. The molecule has 226 valence electrons. The van der Waals surface area contributed by atoms with Crippen LogP contribution in [0.4, 0.5) is 5.69 Å². The molecule has 4 heterocycles. The molecule has 0 spiro atoms. The number of carbonyl (C=O) groups is 2. The quantitative estimate of drug-likeness (QED) is 0.304. The molecule has 3 aliphatic heterocycles. The molecule has 1 aromatic heterocycles. The van der Waals surface area contributed by atoms with E-state index in [0.29, 0.717) is 33.6 Å². The van der Waals surface area contributed by atoms with Gasteiger partial charge >= 0.3 is 0 Å². The van der Waals surface area contributed by atoms with Crippen molar-refractivity contribution in [1.82, 2.24) is 14.8 Å². The highest BCUT2D eigenvalue weighted by Crippen LogP contribution is 2.37. The number of anilines is 1. The number of H-pyrrole nitrogens is 1. The summed E-state index contributed by atoms with van der Waals surface area (Å²) in [5.74, 6) is -0.657. The van der Waals surface area contributed by atoms with Gasteiger partial charge in [0.15, 0.2) is 9.84 Å². The van der Waals surface area contributed by atoms with E-state index in [1.165, 1.54) is 25.0 Å². The van der Waals surface area contributed by atoms with E-state index in [9.17, 15) is 18.0 Å². The monoisotopic (exact) mass is 640 g/mol. The van der Waals surface area contributed by atoms with Crippen LogP contribution in [-0.2, 0) is 20.4 Å². The van der Waals surface area contributed by atoms with Crippen molar-refractivity contribution in [3.05, 3.63) is 80.1 Å². The summed E-state index contributed by atoms with van der Waals surface area (Å²) in [5.41, 5.74) is 4.51. The molecule has 0 saturated carbocycles. The maximum atomic E-state index is 13.8. The molecule has 2 N–H and O–H groups in total. The molecule has 2 fully saturated rings. The molecule has 3 aliphatic rings.